The molecule has 3 heterocycles. The van der Waals surface area contributed by atoms with Crippen LogP contribution in [0.5, 0.6) is 5.75 Å². The average molecular weight is 476 g/mol. The summed E-state index contributed by atoms with van der Waals surface area (Å²) in [6.07, 6.45) is 4.30. The van der Waals surface area contributed by atoms with Crippen LogP contribution in [0, 0.1) is 5.82 Å². The number of hydrogen-bond acceptors (Lipinski definition) is 6. The molecule has 0 spiro atoms. The highest BCUT2D eigenvalue weighted by Crippen LogP contribution is 2.36. The summed E-state index contributed by atoms with van der Waals surface area (Å²) < 4.78 is 27.7. The van der Waals surface area contributed by atoms with E-state index >= 15 is 0 Å². The van der Waals surface area contributed by atoms with Gasteiger partial charge >= 0.3 is 0 Å². The summed E-state index contributed by atoms with van der Waals surface area (Å²) in [7, 11) is 1.70. The van der Waals surface area contributed by atoms with E-state index in [-0.39, 0.29) is 29.5 Å². The maximum absolute atomic E-state index is 14.3. The Morgan fingerprint density at radius 3 is 2.97 bits per heavy atom. The average Bonchev–Trinajstić information content (AvgIpc) is 3.44. The fraction of sp³-hybridized carbons (Fsp3) is 0.435. The van der Waals surface area contributed by atoms with Crippen LogP contribution in [0.15, 0.2) is 36.0 Å². The third-order valence-corrected chi connectivity index (χ3v) is 6.22. The molecular formula is C23H27ClFN5O3. The second-order valence-corrected chi connectivity index (χ2v) is 8.46. The second-order valence-electron chi connectivity index (χ2n) is 8.09. The SMILES string of the molecule is C=CC1=Nc2c(cnn2C)C(=O)N(CC2CCCN2)CCOc2ccc(F)c(Cl)c2[C@@H](C)O1. The first-order valence-corrected chi connectivity index (χ1v) is 11.3. The number of carbonyl (C=O) groups is 1. The van der Waals surface area contributed by atoms with Crippen LogP contribution in [-0.4, -0.2) is 58.8 Å². The number of hydrogen-bond donors (Lipinski definition) is 1. The first-order valence-electron chi connectivity index (χ1n) is 10.9. The Labute approximate surface area is 197 Å². The van der Waals surface area contributed by atoms with Crippen molar-refractivity contribution >= 4 is 29.2 Å². The highest BCUT2D eigenvalue weighted by Gasteiger charge is 2.28. The lowest BCUT2D eigenvalue weighted by molar-refractivity contribution is 0.0715. The van der Waals surface area contributed by atoms with Gasteiger partial charge in [0.2, 0.25) is 5.90 Å². The van der Waals surface area contributed by atoms with Crippen LogP contribution in [-0.2, 0) is 11.8 Å². The molecule has 33 heavy (non-hydrogen) atoms. The van der Waals surface area contributed by atoms with Crippen LogP contribution in [0.2, 0.25) is 5.02 Å². The van der Waals surface area contributed by atoms with Crippen molar-refractivity contribution in [2.24, 2.45) is 12.0 Å². The Bertz CT molecular complexity index is 1080. The topological polar surface area (TPSA) is 81.0 Å². The van der Waals surface area contributed by atoms with E-state index in [1.54, 1.807) is 18.9 Å². The molecule has 8 nitrogen and oxygen atoms in total. The summed E-state index contributed by atoms with van der Waals surface area (Å²) in [5, 5.41) is 7.57. The van der Waals surface area contributed by atoms with Crippen molar-refractivity contribution in [2.75, 3.05) is 26.2 Å². The van der Waals surface area contributed by atoms with Crippen molar-refractivity contribution < 1.29 is 18.7 Å². The van der Waals surface area contributed by atoms with E-state index in [2.05, 4.69) is 22.0 Å². The van der Waals surface area contributed by atoms with E-state index < -0.39 is 11.9 Å². The number of aliphatic imine (C=N–C) groups is 1. The number of carbonyl (C=O) groups excluding carboxylic acids is 1. The number of halogens is 2. The second kappa shape index (κ2) is 9.93. The van der Waals surface area contributed by atoms with E-state index in [4.69, 9.17) is 21.1 Å². The number of nitrogens with one attached hydrogen (secondary N) is 1. The predicted molar refractivity (Wildman–Crippen MR) is 124 cm³/mol. The maximum Gasteiger partial charge on any atom is 0.259 e. The minimum absolute atomic E-state index is 0.0809. The van der Waals surface area contributed by atoms with E-state index in [0.717, 1.165) is 19.4 Å². The van der Waals surface area contributed by atoms with E-state index in [0.29, 0.717) is 35.8 Å². The van der Waals surface area contributed by atoms with Gasteiger partial charge in [0, 0.05) is 19.6 Å². The van der Waals surface area contributed by atoms with Gasteiger partial charge in [-0.2, -0.15) is 10.1 Å². The number of fused-ring (bicyclic) bond motifs is 2. The van der Waals surface area contributed by atoms with Gasteiger partial charge in [0.25, 0.3) is 5.91 Å². The van der Waals surface area contributed by atoms with Gasteiger partial charge in [-0.1, -0.05) is 18.2 Å². The van der Waals surface area contributed by atoms with Crippen LogP contribution in [0.25, 0.3) is 0 Å². The summed E-state index contributed by atoms with van der Waals surface area (Å²) in [5.41, 5.74) is 0.720. The largest absolute Gasteiger partial charge is 0.491 e. The predicted octanol–water partition coefficient (Wildman–Crippen LogP) is 3.79. The van der Waals surface area contributed by atoms with E-state index in [1.807, 2.05) is 0 Å². The zero-order valence-corrected chi connectivity index (χ0v) is 19.4. The number of rotatable bonds is 3. The third-order valence-electron chi connectivity index (χ3n) is 5.83. The molecule has 1 amide bonds. The number of ether oxygens (including phenoxy) is 2. The molecule has 1 aromatic carbocycles. The first-order chi connectivity index (χ1) is 15.9. The lowest BCUT2D eigenvalue weighted by Crippen LogP contribution is -2.43. The van der Waals surface area contributed by atoms with Gasteiger partial charge in [-0.05, 0) is 44.5 Å². The molecule has 176 valence electrons. The van der Waals surface area contributed by atoms with Crippen LogP contribution in [0.3, 0.4) is 0 Å². The summed E-state index contributed by atoms with van der Waals surface area (Å²) in [6, 6.07) is 2.97. The van der Waals surface area contributed by atoms with E-state index in [9.17, 15) is 9.18 Å². The molecule has 1 fully saturated rings. The molecule has 0 radical (unpaired) electrons. The fourth-order valence-electron chi connectivity index (χ4n) is 4.12. The standard InChI is InChI=1S/C23H27ClFN5O3/c1-4-19-28-22-16(12-27-29(22)3)23(31)30(13-15-6-5-9-26-15)10-11-32-18-8-7-17(25)21(24)20(18)14(2)33-19/h4,7-8,12,14-15,26H,1,5-6,9-11,13H2,2-3H3/t14-,15?/m1/s1. The molecule has 1 saturated heterocycles. The van der Waals surface area contributed by atoms with Crippen LogP contribution in [0.4, 0.5) is 10.2 Å². The van der Waals surface area contributed by atoms with E-state index in [1.165, 1.54) is 29.1 Å². The van der Waals surface area contributed by atoms with Gasteiger partial charge in [0.1, 0.15) is 29.8 Å². The van der Waals surface area contributed by atoms with Gasteiger partial charge in [0.15, 0.2) is 5.82 Å². The van der Waals surface area contributed by atoms with Crippen LogP contribution >= 0.6 is 11.6 Å². The Balaban J connectivity index is 1.77. The monoisotopic (exact) mass is 475 g/mol. The lowest BCUT2D eigenvalue weighted by atomic mass is 10.1. The summed E-state index contributed by atoms with van der Waals surface area (Å²) in [6.45, 7) is 7.47. The molecule has 2 aliphatic heterocycles. The smallest absolute Gasteiger partial charge is 0.259 e. The first kappa shape index (κ1) is 23.3. The zero-order valence-electron chi connectivity index (χ0n) is 18.7. The quantitative estimate of drug-likeness (QED) is 0.730. The number of aryl methyl sites for hydroxylation is 1. The Kier molecular flexibility index (Phi) is 6.99. The van der Waals surface area contributed by atoms with Gasteiger partial charge in [-0.3, -0.25) is 9.48 Å². The van der Waals surface area contributed by atoms with Gasteiger partial charge < -0.3 is 19.7 Å². The fourth-order valence-corrected chi connectivity index (χ4v) is 4.43. The molecule has 2 aliphatic rings. The summed E-state index contributed by atoms with van der Waals surface area (Å²) >= 11 is 6.29. The molecule has 0 aliphatic carbocycles. The Hall–Kier alpha value is -2.91. The minimum atomic E-state index is -0.688. The zero-order chi connectivity index (χ0) is 23.5. The molecule has 2 atom stereocenters. The highest BCUT2D eigenvalue weighted by molar-refractivity contribution is 6.31. The normalized spacial score (nSPS) is 21.5. The molecule has 0 bridgehead atoms. The van der Waals surface area contributed by atoms with Crippen molar-refractivity contribution in [1.82, 2.24) is 20.0 Å². The maximum atomic E-state index is 14.3. The number of aromatic nitrogens is 2. The van der Waals surface area contributed by atoms with Crippen LogP contribution in [0.1, 0.15) is 41.8 Å². The third kappa shape index (κ3) is 4.89. The van der Waals surface area contributed by atoms with Crippen molar-refractivity contribution in [2.45, 2.75) is 31.9 Å². The lowest BCUT2D eigenvalue weighted by Gasteiger charge is -2.26. The molecule has 1 unspecified atom stereocenters. The number of amides is 1. The molecule has 1 N–H and O–H groups in total. The molecule has 0 saturated carbocycles. The molecule has 10 heteroatoms. The number of nitrogens with zero attached hydrogens (tertiary/aromatic N) is 4. The van der Waals surface area contributed by atoms with Crippen molar-refractivity contribution in [3.8, 4) is 5.75 Å². The van der Waals surface area contributed by atoms with Crippen molar-refractivity contribution in [3.63, 3.8) is 0 Å². The van der Waals surface area contributed by atoms with Crippen molar-refractivity contribution in [1.29, 1.82) is 0 Å². The van der Waals surface area contributed by atoms with Gasteiger partial charge in [0.05, 0.1) is 23.3 Å². The van der Waals surface area contributed by atoms with Gasteiger partial charge in [-0.25, -0.2) is 4.39 Å². The summed E-state index contributed by atoms with van der Waals surface area (Å²) in [4.78, 5) is 19.8. The Morgan fingerprint density at radius 1 is 1.42 bits per heavy atom. The minimum Gasteiger partial charge on any atom is -0.491 e. The van der Waals surface area contributed by atoms with Gasteiger partial charge in [-0.15, -0.1) is 0 Å². The molecule has 4 rings (SSSR count). The molecule has 1 aromatic heterocycles. The highest BCUT2D eigenvalue weighted by atomic mass is 35.5. The molecular weight excluding hydrogens is 449 g/mol. The molecule has 2 aromatic rings. The van der Waals surface area contributed by atoms with Crippen molar-refractivity contribution in [3.05, 3.63) is 53.0 Å². The Morgan fingerprint density at radius 2 is 2.24 bits per heavy atom. The number of benzene rings is 1. The summed E-state index contributed by atoms with van der Waals surface area (Å²) in [5.74, 6) is 0.107. The van der Waals surface area contributed by atoms with Crippen LogP contribution < -0.4 is 10.1 Å².